The number of carbonyl (C=O) groups is 1. The lowest BCUT2D eigenvalue weighted by Gasteiger charge is -2.02. The molecule has 14 heavy (non-hydrogen) atoms. The number of hydrogen-bond acceptors (Lipinski definition) is 2. The first-order chi connectivity index (χ1) is 6.67. The van der Waals surface area contributed by atoms with E-state index in [4.69, 9.17) is 10.4 Å². The molecule has 3 nitrogen and oxygen atoms in total. The SMILES string of the molecule is CCc1ccc(CC(=O)O)c(C#N)c1. The summed E-state index contributed by atoms with van der Waals surface area (Å²) in [6.07, 6.45) is 0.759. The Hall–Kier alpha value is -1.82. The average molecular weight is 189 g/mol. The highest BCUT2D eigenvalue weighted by Crippen LogP contribution is 2.12. The third-order valence-corrected chi connectivity index (χ3v) is 2.04. The number of aryl methyl sites for hydroxylation is 1. The molecule has 0 aromatic heterocycles. The van der Waals surface area contributed by atoms with Gasteiger partial charge in [0, 0.05) is 0 Å². The normalized spacial score (nSPS) is 9.43. The second kappa shape index (κ2) is 4.43. The van der Waals surface area contributed by atoms with Crippen LogP contribution in [-0.4, -0.2) is 11.1 Å². The minimum absolute atomic E-state index is 0.0904. The van der Waals surface area contributed by atoms with Crippen LogP contribution < -0.4 is 0 Å². The van der Waals surface area contributed by atoms with Crippen LogP contribution in [0.2, 0.25) is 0 Å². The van der Waals surface area contributed by atoms with Crippen LogP contribution in [0, 0.1) is 11.3 Å². The van der Waals surface area contributed by atoms with Gasteiger partial charge in [0.2, 0.25) is 0 Å². The molecule has 0 fully saturated rings. The summed E-state index contributed by atoms with van der Waals surface area (Å²) in [5.74, 6) is -0.911. The van der Waals surface area contributed by atoms with Gasteiger partial charge in [0.15, 0.2) is 0 Å². The van der Waals surface area contributed by atoms with E-state index >= 15 is 0 Å². The molecule has 0 aliphatic heterocycles. The molecule has 3 heteroatoms. The van der Waals surface area contributed by atoms with E-state index in [1.54, 1.807) is 12.1 Å². The molecule has 72 valence electrons. The Kier molecular flexibility index (Phi) is 3.24. The van der Waals surface area contributed by atoms with Crippen molar-refractivity contribution in [3.63, 3.8) is 0 Å². The van der Waals surface area contributed by atoms with Crippen molar-refractivity contribution in [1.29, 1.82) is 5.26 Å². The van der Waals surface area contributed by atoms with Gasteiger partial charge in [0.25, 0.3) is 0 Å². The maximum absolute atomic E-state index is 10.5. The van der Waals surface area contributed by atoms with Gasteiger partial charge < -0.3 is 5.11 Å². The van der Waals surface area contributed by atoms with Gasteiger partial charge in [-0.3, -0.25) is 4.79 Å². The molecule has 0 saturated heterocycles. The molecule has 0 atom stereocenters. The van der Waals surface area contributed by atoms with E-state index < -0.39 is 5.97 Å². The summed E-state index contributed by atoms with van der Waals surface area (Å²) >= 11 is 0. The molecule has 0 amide bonds. The molecule has 1 aromatic carbocycles. The average Bonchev–Trinajstić information content (AvgIpc) is 2.17. The van der Waals surface area contributed by atoms with Gasteiger partial charge >= 0.3 is 5.97 Å². The fourth-order valence-corrected chi connectivity index (χ4v) is 1.26. The van der Waals surface area contributed by atoms with Crippen molar-refractivity contribution in [2.24, 2.45) is 0 Å². The Balaban J connectivity index is 3.07. The van der Waals surface area contributed by atoms with E-state index in [1.165, 1.54) is 0 Å². The highest BCUT2D eigenvalue weighted by molar-refractivity contribution is 5.71. The molecule has 0 saturated carbocycles. The minimum Gasteiger partial charge on any atom is -0.481 e. The standard InChI is InChI=1S/C11H11NO2/c1-2-8-3-4-9(6-11(13)14)10(5-8)7-12/h3-5H,2,6H2,1H3,(H,13,14). The van der Waals surface area contributed by atoms with Crippen molar-refractivity contribution in [2.75, 3.05) is 0 Å². The fraction of sp³-hybridized carbons (Fsp3) is 0.273. The monoisotopic (exact) mass is 189 g/mol. The fourth-order valence-electron chi connectivity index (χ4n) is 1.26. The second-order valence-corrected chi connectivity index (χ2v) is 3.03. The van der Waals surface area contributed by atoms with Crippen LogP contribution in [0.3, 0.4) is 0 Å². The van der Waals surface area contributed by atoms with Crippen molar-refractivity contribution in [3.05, 3.63) is 34.9 Å². The summed E-state index contributed by atoms with van der Waals surface area (Å²) in [4.78, 5) is 10.5. The highest BCUT2D eigenvalue weighted by atomic mass is 16.4. The zero-order valence-corrected chi connectivity index (χ0v) is 7.95. The quantitative estimate of drug-likeness (QED) is 0.787. The molecule has 0 aliphatic carbocycles. The van der Waals surface area contributed by atoms with Crippen molar-refractivity contribution in [3.8, 4) is 6.07 Å². The Morgan fingerprint density at radius 2 is 2.29 bits per heavy atom. The van der Waals surface area contributed by atoms with E-state index in [2.05, 4.69) is 0 Å². The molecule has 1 N–H and O–H groups in total. The molecule has 0 unspecified atom stereocenters. The number of aliphatic carboxylic acids is 1. The van der Waals surface area contributed by atoms with Crippen LogP contribution in [0.5, 0.6) is 0 Å². The molecule has 0 bridgehead atoms. The zero-order chi connectivity index (χ0) is 10.6. The first-order valence-corrected chi connectivity index (χ1v) is 4.41. The molecule has 0 spiro atoms. The van der Waals surface area contributed by atoms with Crippen molar-refractivity contribution in [1.82, 2.24) is 0 Å². The Morgan fingerprint density at radius 1 is 1.57 bits per heavy atom. The van der Waals surface area contributed by atoms with Crippen LogP contribution in [-0.2, 0) is 17.6 Å². The molecular weight excluding hydrogens is 178 g/mol. The van der Waals surface area contributed by atoms with Crippen LogP contribution in [0.15, 0.2) is 18.2 Å². The van der Waals surface area contributed by atoms with Gasteiger partial charge in [-0.15, -0.1) is 0 Å². The van der Waals surface area contributed by atoms with E-state index in [9.17, 15) is 4.79 Å². The summed E-state index contributed by atoms with van der Waals surface area (Å²) in [6.45, 7) is 1.99. The Labute approximate surface area is 82.6 Å². The lowest BCUT2D eigenvalue weighted by atomic mass is 10.0. The van der Waals surface area contributed by atoms with E-state index in [1.807, 2.05) is 19.1 Å². The van der Waals surface area contributed by atoms with Crippen molar-refractivity contribution < 1.29 is 9.90 Å². The van der Waals surface area contributed by atoms with Gasteiger partial charge in [-0.2, -0.15) is 5.26 Å². The van der Waals surface area contributed by atoms with Crippen LogP contribution in [0.1, 0.15) is 23.6 Å². The van der Waals surface area contributed by atoms with Crippen molar-refractivity contribution >= 4 is 5.97 Å². The second-order valence-electron chi connectivity index (χ2n) is 3.03. The Bertz CT molecular complexity index is 391. The number of carboxylic acid groups (broad SMARTS) is 1. The first kappa shape index (κ1) is 10.3. The topological polar surface area (TPSA) is 61.1 Å². The summed E-state index contributed by atoms with van der Waals surface area (Å²) in [5.41, 5.74) is 2.10. The number of carboxylic acids is 1. The molecule has 0 heterocycles. The highest BCUT2D eigenvalue weighted by Gasteiger charge is 2.06. The maximum Gasteiger partial charge on any atom is 0.307 e. The maximum atomic E-state index is 10.5. The minimum atomic E-state index is -0.911. The van der Waals surface area contributed by atoms with Gasteiger partial charge in [0.05, 0.1) is 18.1 Å². The van der Waals surface area contributed by atoms with E-state index in [0.717, 1.165) is 12.0 Å². The third kappa shape index (κ3) is 2.33. The number of rotatable bonds is 3. The molecule has 0 radical (unpaired) electrons. The van der Waals surface area contributed by atoms with Crippen LogP contribution in [0.25, 0.3) is 0 Å². The van der Waals surface area contributed by atoms with Crippen LogP contribution in [0.4, 0.5) is 0 Å². The van der Waals surface area contributed by atoms with Crippen molar-refractivity contribution in [2.45, 2.75) is 19.8 Å². The zero-order valence-electron chi connectivity index (χ0n) is 7.95. The predicted octanol–water partition coefficient (Wildman–Crippen LogP) is 1.75. The number of nitrogens with zero attached hydrogens (tertiary/aromatic N) is 1. The molecule has 1 rings (SSSR count). The van der Waals surface area contributed by atoms with Gasteiger partial charge in [-0.25, -0.2) is 0 Å². The van der Waals surface area contributed by atoms with E-state index in [-0.39, 0.29) is 6.42 Å². The first-order valence-electron chi connectivity index (χ1n) is 4.41. The third-order valence-electron chi connectivity index (χ3n) is 2.04. The van der Waals surface area contributed by atoms with Gasteiger partial charge in [-0.1, -0.05) is 19.1 Å². The largest absolute Gasteiger partial charge is 0.481 e. The van der Waals surface area contributed by atoms with E-state index in [0.29, 0.717) is 11.1 Å². The lowest BCUT2D eigenvalue weighted by molar-refractivity contribution is -0.136. The number of hydrogen-bond donors (Lipinski definition) is 1. The smallest absolute Gasteiger partial charge is 0.307 e. The number of nitriles is 1. The number of benzene rings is 1. The summed E-state index contributed by atoms with van der Waals surface area (Å²) < 4.78 is 0. The summed E-state index contributed by atoms with van der Waals surface area (Å²) in [5, 5.41) is 17.4. The summed E-state index contributed by atoms with van der Waals surface area (Å²) in [7, 11) is 0. The van der Waals surface area contributed by atoms with Gasteiger partial charge in [-0.05, 0) is 23.6 Å². The Morgan fingerprint density at radius 3 is 2.79 bits per heavy atom. The molecule has 0 aliphatic rings. The van der Waals surface area contributed by atoms with Crippen LogP contribution >= 0.6 is 0 Å². The molecular formula is C11H11NO2. The predicted molar refractivity (Wildman–Crippen MR) is 51.9 cm³/mol. The molecule has 1 aromatic rings. The lowest BCUT2D eigenvalue weighted by Crippen LogP contribution is -2.02. The van der Waals surface area contributed by atoms with Gasteiger partial charge in [0.1, 0.15) is 0 Å². The summed E-state index contributed by atoms with van der Waals surface area (Å²) in [6, 6.07) is 7.33.